The van der Waals surface area contributed by atoms with Crippen molar-refractivity contribution >= 4 is 48.3 Å². The molecule has 0 aliphatic rings. The second kappa shape index (κ2) is 8.75. The van der Waals surface area contributed by atoms with Crippen molar-refractivity contribution in [1.82, 2.24) is 4.98 Å². The van der Waals surface area contributed by atoms with Gasteiger partial charge in [-0.1, -0.05) is 41.7 Å². The van der Waals surface area contributed by atoms with Crippen LogP contribution >= 0.6 is 11.3 Å². The highest BCUT2D eigenvalue weighted by Gasteiger charge is 2.16. The Kier molecular flexibility index (Phi) is 5.88. The number of nitrogens with zero attached hydrogens (tertiary/aromatic N) is 1. The molecule has 0 atom stereocenters. The number of ether oxygens (including phenoxy) is 1. The fraction of sp³-hybridized carbons (Fsp3) is 0.0909. The van der Waals surface area contributed by atoms with Crippen molar-refractivity contribution in [1.29, 1.82) is 0 Å². The molecule has 0 radical (unpaired) electrons. The maximum Gasteiger partial charge on any atom is 0.263 e. The van der Waals surface area contributed by atoms with E-state index in [2.05, 4.69) is 15.0 Å². The quantitative estimate of drug-likeness (QED) is 0.435. The van der Waals surface area contributed by atoms with Crippen LogP contribution in [0.3, 0.4) is 0 Å². The van der Waals surface area contributed by atoms with Crippen molar-refractivity contribution in [2.75, 3.05) is 17.1 Å². The van der Waals surface area contributed by atoms with Crippen molar-refractivity contribution in [2.24, 2.45) is 0 Å². The summed E-state index contributed by atoms with van der Waals surface area (Å²) in [7, 11) is -2.12. The van der Waals surface area contributed by atoms with Crippen LogP contribution < -0.4 is 14.8 Å². The second-order valence-electron chi connectivity index (χ2n) is 6.69. The molecule has 2 N–H and O–H groups in total. The fourth-order valence-electron chi connectivity index (χ4n) is 2.95. The van der Waals surface area contributed by atoms with E-state index in [1.165, 1.54) is 23.5 Å². The van der Waals surface area contributed by atoms with Gasteiger partial charge >= 0.3 is 0 Å². The Morgan fingerprint density at radius 3 is 2.48 bits per heavy atom. The van der Waals surface area contributed by atoms with Crippen molar-refractivity contribution in [3.8, 4) is 5.75 Å². The molecule has 1 aromatic heterocycles. The van der Waals surface area contributed by atoms with E-state index in [1.807, 2.05) is 24.3 Å². The second-order valence-corrected chi connectivity index (χ2v) is 9.41. The Bertz CT molecular complexity index is 1320. The number of sulfonamides is 1. The standard InChI is InChI=1S/C22H19N3O4S2/c1-29-17-10-7-15(8-11-17)13-21(26)23-16-9-12-19-20(14-16)30-22(24-19)25-31(27,28)18-5-3-2-4-6-18/h2-12,14H,13H2,1H3,(H,23,26)(H,24,25). The molecule has 0 saturated heterocycles. The minimum atomic E-state index is -3.71. The molecule has 4 aromatic rings. The Labute approximate surface area is 183 Å². The third-order valence-electron chi connectivity index (χ3n) is 4.47. The minimum Gasteiger partial charge on any atom is -0.497 e. The number of methoxy groups -OCH3 is 1. The van der Waals surface area contributed by atoms with Crippen LogP contribution in [-0.4, -0.2) is 26.4 Å². The van der Waals surface area contributed by atoms with Crippen LogP contribution in [-0.2, 0) is 21.2 Å². The van der Waals surface area contributed by atoms with Crippen molar-refractivity contribution in [2.45, 2.75) is 11.3 Å². The molecule has 0 fully saturated rings. The maximum atomic E-state index is 12.5. The van der Waals surface area contributed by atoms with E-state index >= 15 is 0 Å². The zero-order valence-electron chi connectivity index (χ0n) is 16.5. The number of thiazole rings is 1. The number of carbonyl (C=O) groups excluding carboxylic acids is 1. The number of amides is 1. The Hall–Kier alpha value is -3.43. The third-order valence-corrected chi connectivity index (χ3v) is 6.89. The smallest absolute Gasteiger partial charge is 0.263 e. The van der Waals surface area contributed by atoms with Crippen LogP contribution in [0.15, 0.2) is 77.7 Å². The lowest BCUT2D eigenvalue weighted by atomic mass is 10.1. The third kappa shape index (κ3) is 5.01. The van der Waals surface area contributed by atoms with Crippen LogP contribution in [0.1, 0.15) is 5.56 Å². The van der Waals surface area contributed by atoms with Gasteiger partial charge in [-0.3, -0.25) is 9.52 Å². The SMILES string of the molecule is COc1ccc(CC(=O)Nc2ccc3nc(NS(=O)(=O)c4ccccc4)sc3c2)cc1. The number of nitrogens with one attached hydrogen (secondary N) is 2. The van der Waals surface area contributed by atoms with Gasteiger partial charge in [-0.2, -0.15) is 0 Å². The van der Waals surface area contributed by atoms with Gasteiger partial charge in [0, 0.05) is 5.69 Å². The van der Waals surface area contributed by atoms with Crippen LogP contribution in [0.4, 0.5) is 10.8 Å². The fourth-order valence-corrected chi connectivity index (χ4v) is 5.11. The first kappa shape index (κ1) is 20.8. The number of carbonyl (C=O) groups is 1. The van der Waals surface area contributed by atoms with Gasteiger partial charge in [-0.15, -0.1) is 0 Å². The van der Waals surface area contributed by atoms with E-state index < -0.39 is 10.0 Å². The summed E-state index contributed by atoms with van der Waals surface area (Å²) in [6.45, 7) is 0. The van der Waals surface area contributed by atoms with Crippen LogP contribution in [0, 0.1) is 0 Å². The first-order chi connectivity index (χ1) is 14.9. The molecule has 4 rings (SSSR count). The normalized spacial score (nSPS) is 11.3. The lowest BCUT2D eigenvalue weighted by Gasteiger charge is -2.06. The van der Waals surface area contributed by atoms with Crippen LogP contribution in [0.2, 0.25) is 0 Å². The Morgan fingerprint density at radius 1 is 1.03 bits per heavy atom. The van der Waals surface area contributed by atoms with Gasteiger partial charge in [0.15, 0.2) is 5.13 Å². The molecule has 158 valence electrons. The summed E-state index contributed by atoms with van der Waals surface area (Å²) in [5.74, 6) is 0.581. The Balaban J connectivity index is 1.46. The van der Waals surface area contributed by atoms with Crippen LogP contribution in [0.5, 0.6) is 5.75 Å². The van der Waals surface area contributed by atoms with Gasteiger partial charge in [0.1, 0.15) is 5.75 Å². The first-order valence-electron chi connectivity index (χ1n) is 9.34. The van der Waals surface area contributed by atoms with E-state index in [9.17, 15) is 13.2 Å². The van der Waals surface area contributed by atoms with E-state index in [4.69, 9.17) is 4.74 Å². The molecular formula is C22H19N3O4S2. The minimum absolute atomic E-state index is 0.154. The number of rotatable bonds is 7. The summed E-state index contributed by atoms with van der Waals surface area (Å²) < 4.78 is 33.4. The zero-order chi connectivity index (χ0) is 21.8. The van der Waals surface area contributed by atoms with E-state index in [1.54, 1.807) is 43.5 Å². The molecule has 7 nitrogen and oxygen atoms in total. The first-order valence-corrected chi connectivity index (χ1v) is 11.6. The Morgan fingerprint density at radius 2 is 1.77 bits per heavy atom. The monoisotopic (exact) mass is 453 g/mol. The summed E-state index contributed by atoms with van der Waals surface area (Å²) in [4.78, 5) is 16.9. The molecule has 0 aliphatic heterocycles. The summed E-state index contributed by atoms with van der Waals surface area (Å²) in [5.41, 5.74) is 2.13. The highest BCUT2D eigenvalue weighted by Crippen LogP contribution is 2.30. The molecule has 0 saturated carbocycles. The molecule has 0 unspecified atom stereocenters. The summed E-state index contributed by atoms with van der Waals surface area (Å²) in [5, 5.41) is 3.13. The number of aromatic nitrogens is 1. The van der Waals surface area contributed by atoms with Gasteiger partial charge in [0.2, 0.25) is 5.91 Å². The predicted octanol–water partition coefficient (Wildman–Crippen LogP) is 4.29. The highest BCUT2D eigenvalue weighted by atomic mass is 32.2. The number of hydrogen-bond donors (Lipinski definition) is 2. The van der Waals surface area contributed by atoms with Gasteiger partial charge in [-0.25, -0.2) is 13.4 Å². The van der Waals surface area contributed by atoms with Crippen molar-refractivity contribution in [3.05, 3.63) is 78.4 Å². The number of hydrogen-bond acceptors (Lipinski definition) is 6. The summed E-state index contributed by atoms with van der Waals surface area (Å²) in [6.07, 6.45) is 0.229. The molecule has 3 aromatic carbocycles. The maximum absolute atomic E-state index is 12.5. The average Bonchev–Trinajstić information content (AvgIpc) is 3.15. The van der Waals surface area contributed by atoms with Gasteiger partial charge < -0.3 is 10.1 Å². The van der Waals surface area contributed by atoms with Crippen molar-refractivity contribution < 1.29 is 17.9 Å². The van der Waals surface area contributed by atoms with Gasteiger partial charge in [0.25, 0.3) is 10.0 Å². The molecule has 0 bridgehead atoms. The summed E-state index contributed by atoms with van der Waals surface area (Å²) >= 11 is 1.20. The topological polar surface area (TPSA) is 97.4 Å². The molecule has 1 heterocycles. The predicted molar refractivity (Wildman–Crippen MR) is 122 cm³/mol. The van der Waals surface area contributed by atoms with E-state index in [-0.39, 0.29) is 22.4 Å². The lowest BCUT2D eigenvalue weighted by Crippen LogP contribution is -2.14. The van der Waals surface area contributed by atoms with E-state index in [0.29, 0.717) is 11.2 Å². The lowest BCUT2D eigenvalue weighted by molar-refractivity contribution is -0.115. The number of benzene rings is 3. The molecular weight excluding hydrogens is 434 g/mol. The highest BCUT2D eigenvalue weighted by molar-refractivity contribution is 7.93. The van der Waals surface area contributed by atoms with Crippen LogP contribution in [0.25, 0.3) is 10.2 Å². The van der Waals surface area contributed by atoms with Gasteiger partial charge in [0.05, 0.1) is 28.6 Å². The number of fused-ring (bicyclic) bond motifs is 1. The molecule has 0 spiro atoms. The van der Waals surface area contributed by atoms with E-state index in [0.717, 1.165) is 16.0 Å². The largest absolute Gasteiger partial charge is 0.497 e. The summed E-state index contributed by atoms with van der Waals surface area (Å²) in [6, 6.07) is 20.7. The molecule has 31 heavy (non-hydrogen) atoms. The number of anilines is 2. The van der Waals surface area contributed by atoms with Crippen molar-refractivity contribution in [3.63, 3.8) is 0 Å². The zero-order valence-corrected chi connectivity index (χ0v) is 18.2. The molecule has 1 amide bonds. The van der Waals surface area contributed by atoms with Gasteiger partial charge in [-0.05, 0) is 48.0 Å². The molecule has 0 aliphatic carbocycles. The average molecular weight is 454 g/mol. The molecule has 9 heteroatoms.